The van der Waals surface area contributed by atoms with Crippen LogP contribution in [0.2, 0.25) is 0 Å². The molecule has 0 aromatic heterocycles. The zero-order valence-corrected chi connectivity index (χ0v) is 11.4. The molecule has 4 N–H and O–H groups in total. The number of nitrogens with zero attached hydrogens (tertiary/aromatic N) is 1. The molecule has 0 aromatic rings. The minimum absolute atomic E-state index is 0.137. The lowest BCUT2D eigenvalue weighted by Crippen LogP contribution is -2.47. The molecule has 0 bridgehead atoms. The predicted octanol–water partition coefficient (Wildman–Crippen LogP) is -0.962. The van der Waals surface area contributed by atoms with E-state index in [-0.39, 0.29) is 32.2 Å². The normalized spacial score (nSPS) is 15.9. The first kappa shape index (κ1) is 17.8. The van der Waals surface area contributed by atoms with Crippen molar-refractivity contribution >= 4 is 10.1 Å². The number of rotatable bonds is 10. The maximum absolute atomic E-state index is 10.6. The van der Waals surface area contributed by atoms with Gasteiger partial charge in [0.05, 0.1) is 19.0 Å². The Bertz CT molecular complexity index is 307. The highest BCUT2D eigenvalue weighted by atomic mass is 32.2. The van der Waals surface area contributed by atoms with Crippen molar-refractivity contribution < 1.29 is 28.3 Å². The van der Waals surface area contributed by atoms with Gasteiger partial charge >= 0.3 is 0 Å². The zero-order chi connectivity index (χ0) is 14.2. The van der Waals surface area contributed by atoms with Crippen LogP contribution in [0.1, 0.15) is 26.2 Å². The van der Waals surface area contributed by atoms with Crippen LogP contribution in [0.3, 0.4) is 0 Å². The van der Waals surface area contributed by atoms with E-state index in [1.807, 2.05) is 6.92 Å². The van der Waals surface area contributed by atoms with Crippen LogP contribution >= 0.6 is 0 Å². The van der Waals surface area contributed by atoms with E-state index in [1.54, 1.807) is 0 Å². The second-order valence-electron chi connectivity index (χ2n) is 4.14. The van der Waals surface area contributed by atoms with Crippen molar-refractivity contribution in [3.8, 4) is 0 Å². The second-order valence-corrected chi connectivity index (χ2v) is 5.71. The van der Waals surface area contributed by atoms with E-state index in [4.69, 9.17) is 9.66 Å². The minimum atomic E-state index is -4.12. The molecule has 0 saturated heterocycles. The van der Waals surface area contributed by atoms with Crippen LogP contribution in [0.15, 0.2) is 0 Å². The average Bonchev–Trinajstić information content (AvgIpc) is 2.29. The molecule has 0 fully saturated rings. The summed E-state index contributed by atoms with van der Waals surface area (Å²) in [5, 5.41) is 28.0. The lowest BCUT2D eigenvalue weighted by atomic mass is 10.1. The van der Waals surface area contributed by atoms with Crippen LogP contribution in [0.4, 0.5) is 0 Å². The highest BCUT2D eigenvalue weighted by Gasteiger charge is 2.24. The molecule has 0 rings (SSSR count). The molecule has 2 unspecified atom stereocenters. The third-order valence-electron chi connectivity index (χ3n) is 2.68. The molecule has 0 heterocycles. The Morgan fingerprint density at radius 3 is 2.22 bits per heavy atom. The summed E-state index contributed by atoms with van der Waals surface area (Å²) in [6, 6.07) is -0.335. The lowest BCUT2D eigenvalue weighted by Gasteiger charge is -2.33. The molecule has 0 radical (unpaired) electrons. The third-order valence-corrected chi connectivity index (χ3v) is 3.43. The summed E-state index contributed by atoms with van der Waals surface area (Å²) in [5.41, 5.74) is 0. The summed E-state index contributed by atoms with van der Waals surface area (Å²) in [6.07, 6.45) is 0.124. The third kappa shape index (κ3) is 7.24. The van der Waals surface area contributed by atoms with Crippen molar-refractivity contribution in [3.05, 3.63) is 0 Å². The fourth-order valence-electron chi connectivity index (χ4n) is 1.81. The molecule has 0 aliphatic heterocycles. The zero-order valence-electron chi connectivity index (χ0n) is 10.6. The molecular formula is C10H23NO6S. The maximum Gasteiger partial charge on any atom is 0.265 e. The van der Waals surface area contributed by atoms with Gasteiger partial charge in [-0.25, -0.2) is 0 Å². The predicted molar refractivity (Wildman–Crippen MR) is 66.6 cm³/mol. The van der Waals surface area contributed by atoms with E-state index >= 15 is 0 Å². The van der Waals surface area contributed by atoms with Crippen molar-refractivity contribution in [1.82, 2.24) is 4.90 Å². The standard InChI is InChI=1S/C10H23NO6S/c1-2-3-9(8-13)11(5-6-12)10(14)4-7-18(15,16)17/h9-10,12-14H,2-8H2,1H3,(H,15,16,17). The van der Waals surface area contributed by atoms with Gasteiger partial charge in [0.15, 0.2) is 0 Å². The highest BCUT2D eigenvalue weighted by Crippen LogP contribution is 2.12. The van der Waals surface area contributed by atoms with Gasteiger partial charge in [-0.1, -0.05) is 13.3 Å². The Morgan fingerprint density at radius 1 is 1.22 bits per heavy atom. The molecule has 0 spiro atoms. The second kappa shape index (κ2) is 8.78. The molecule has 0 aliphatic rings. The van der Waals surface area contributed by atoms with Crippen molar-refractivity contribution in [2.24, 2.45) is 0 Å². The first-order chi connectivity index (χ1) is 8.35. The van der Waals surface area contributed by atoms with Gasteiger partial charge in [0.25, 0.3) is 10.1 Å². The number of aliphatic hydroxyl groups is 3. The van der Waals surface area contributed by atoms with E-state index in [9.17, 15) is 18.6 Å². The van der Waals surface area contributed by atoms with Gasteiger partial charge in [-0.15, -0.1) is 0 Å². The van der Waals surface area contributed by atoms with Crippen molar-refractivity contribution in [2.45, 2.75) is 38.5 Å². The van der Waals surface area contributed by atoms with E-state index < -0.39 is 22.1 Å². The SMILES string of the molecule is CCCC(CO)N(CCO)C(O)CCS(=O)(=O)O. The van der Waals surface area contributed by atoms with Crippen LogP contribution in [0.5, 0.6) is 0 Å². The Hall–Kier alpha value is -0.250. The summed E-state index contributed by atoms with van der Waals surface area (Å²) in [4.78, 5) is 1.45. The summed E-state index contributed by atoms with van der Waals surface area (Å²) in [7, 11) is -4.12. The average molecular weight is 285 g/mol. The van der Waals surface area contributed by atoms with Crippen LogP contribution in [-0.2, 0) is 10.1 Å². The Labute approximate surface area is 108 Å². The molecule has 0 amide bonds. The van der Waals surface area contributed by atoms with Crippen LogP contribution in [0, 0.1) is 0 Å². The van der Waals surface area contributed by atoms with E-state index in [0.29, 0.717) is 6.42 Å². The summed E-state index contributed by atoms with van der Waals surface area (Å²) < 4.78 is 29.8. The minimum Gasteiger partial charge on any atom is -0.395 e. The Balaban J connectivity index is 4.55. The van der Waals surface area contributed by atoms with Gasteiger partial charge in [0, 0.05) is 19.0 Å². The molecule has 8 heteroatoms. The van der Waals surface area contributed by atoms with Gasteiger partial charge in [-0.05, 0) is 6.42 Å². The summed E-state index contributed by atoms with van der Waals surface area (Å²) in [6.45, 7) is 1.67. The smallest absolute Gasteiger partial charge is 0.265 e. The molecule has 110 valence electrons. The largest absolute Gasteiger partial charge is 0.395 e. The monoisotopic (exact) mass is 285 g/mol. The Kier molecular flexibility index (Phi) is 8.66. The van der Waals surface area contributed by atoms with Crippen LogP contribution in [-0.4, -0.2) is 71.0 Å². The molecule has 2 atom stereocenters. The van der Waals surface area contributed by atoms with Gasteiger partial charge in [-0.3, -0.25) is 9.45 Å². The highest BCUT2D eigenvalue weighted by molar-refractivity contribution is 7.85. The van der Waals surface area contributed by atoms with Crippen molar-refractivity contribution in [1.29, 1.82) is 0 Å². The molecule has 7 nitrogen and oxygen atoms in total. The fourth-order valence-corrected chi connectivity index (χ4v) is 2.31. The first-order valence-electron chi connectivity index (χ1n) is 5.96. The van der Waals surface area contributed by atoms with Gasteiger partial charge < -0.3 is 15.3 Å². The van der Waals surface area contributed by atoms with Gasteiger partial charge in [0.2, 0.25) is 0 Å². The maximum atomic E-state index is 10.6. The van der Waals surface area contributed by atoms with Crippen molar-refractivity contribution in [2.75, 3.05) is 25.5 Å². The van der Waals surface area contributed by atoms with E-state index in [1.165, 1.54) is 4.90 Å². The van der Waals surface area contributed by atoms with Crippen LogP contribution < -0.4 is 0 Å². The van der Waals surface area contributed by atoms with Crippen LogP contribution in [0.25, 0.3) is 0 Å². The van der Waals surface area contributed by atoms with E-state index in [0.717, 1.165) is 6.42 Å². The quantitative estimate of drug-likeness (QED) is 0.301. The lowest BCUT2D eigenvalue weighted by molar-refractivity contribution is -0.0501. The molecule has 0 aliphatic carbocycles. The Morgan fingerprint density at radius 2 is 1.83 bits per heavy atom. The number of hydrogen-bond acceptors (Lipinski definition) is 6. The first-order valence-corrected chi connectivity index (χ1v) is 7.57. The van der Waals surface area contributed by atoms with Crippen molar-refractivity contribution in [3.63, 3.8) is 0 Å². The summed E-state index contributed by atoms with van der Waals surface area (Å²) >= 11 is 0. The molecular weight excluding hydrogens is 262 g/mol. The molecule has 0 saturated carbocycles. The number of aliphatic hydroxyl groups excluding tert-OH is 3. The molecule has 0 aromatic carbocycles. The summed E-state index contributed by atoms with van der Waals surface area (Å²) in [5.74, 6) is -0.555. The van der Waals surface area contributed by atoms with Gasteiger partial charge in [-0.2, -0.15) is 8.42 Å². The van der Waals surface area contributed by atoms with E-state index in [2.05, 4.69) is 0 Å². The molecule has 18 heavy (non-hydrogen) atoms. The topological polar surface area (TPSA) is 118 Å². The fraction of sp³-hybridized carbons (Fsp3) is 1.00. The number of hydrogen-bond donors (Lipinski definition) is 4. The van der Waals surface area contributed by atoms with Gasteiger partial charge in [0.1, 0.15) is 6.23 Å².